The third-order valence-electron chi connectivity index (χ3n) is 1.68. The van der Waals surface area contributed by atoms with Gasteiger partial charge >= 0.3 is 0 Å². The lowest BCUT2D eigenvalue weighted by atomic mass is 10.2. The van der Waals surface area contributed by atoms with Gasteiger partial charge in [0.25, 0.3) is 0 Å². The van der Waals surface area contributed by atoms with Crippen LogP contribution in [0.25, 0.3) is 0 Å². The summed E-state index contributed by atoms with van der Waals surface area (Å²) in [5.41, 5.74) is 1.02. The molecule has 0 saturated carbocycles. The molecule has 0 fully saturated rings. The smallest absolute Gasteiger partial charge is 0.220 e. The van der Waals surface area contributed by atoms with Gasteiger partial charge in [0.2, 0.25) is 11.8 Å². The van der Waals surface area contributed by atoms with Gasteiger partial charge in [0.1, 0.15) is 0 Å². The van der Waals surface area contributed by atoms with Crippen LogP contribution < -0.4 is 14.8 Å². The number of nitrogens with zero attached hydrogens (tertiary/aromatic N) is 1. The van der Waals surface area contributed by atoms with Crippen LogP contribution in [0.3, 0.4) is 0 Å². The molecule has 0 aliphatic carbocycles. The molecule has 1 aromatic rings. The van der Waals surface area contributed by atoms with E-state index in [-0.39, 0.29) is 0 Å². The van der Waals surface area contributed by atoms with Crippen molar-refractivity contribution in [2.24, 2.45) is 0 Å². The fourth-order valence-electron chi connectivity index (χ4n) is 1.07. The predicted octanol–water partition coefficient (Wildman–Crippen LogP) is 0.818. The van der Waals surface area contributed by atoms with Gasteiger partial charge in [-0.15, -0.1) is 0 Å². The second kappa shape index (κ2) is 4.67. The predicted molar refractivity (Wildman–Crippen MR) is 50.1 cm³/mol. The highest BCUT2D eigenvalue weighted by Crippen LogP contribution is 2.18. The molecule has 1 heterocycles. The molecule has 1 N–H and O–H groups in total. The van der Waals surface area contributed by atoms with E-state index in [2.05, 4.69) is 10.3 Å². The van der Waals surface area contributed by atoms with E-state index in [1.165, 1.54) is 0 Å². The first kappa shape index (κ1) is 9.80. The lowest BCUT2D eigenvalue weighted by Gasteiger charge is -2.07. The SMILES string of the molecule is CNCc1ccc(OC)nc1OC. The largest absolute Gasteiger partial charge is 0.481 e. The molecule has 13 heavy (non-hydrogen) atoms. The summed E-state index contributed by atoms with van der Waals surface area (Å²) in [5.74, 6) is 1.17. The van der Waals surface area contributed by atoms with Crippen molar-refractivity contribution in [1.29, 1.82) is 0 Å². The van der Waals surface area contributed by atoms with Crippen molar-refractivity contribution in [1.82, 2.24) is 10.3 Å². The Hall–Kier alpha value is -1.29. The molecule has 0 aromatic carbocycles. The first-order chi connectivity index (χ1) is 6.31. The van der Waals surface area contributed by atoms with Crippen molar-refractivity contribution >= 4 is 0 Å². The molecule has 0 atom stereocenters. The summed E-state index contributed by atoms with van der Waals surface area (Å²) < 4.78 is 10.1. The Labute approximate surface area is 77.9 Å². The Bertz CT molecular complexity index is 276. The van der Waals surface area contributed by atoms with Crippen molar-refractivity contribution in [3.63, 3.8) is 0 Å². The van der Waals surface area contributed by atoms with Crippen LogP contribution in [0, 0.1) is 0 Å². The maximum Gasteiger partial charge on any atom is 0.220 e. The zero-order valence-corrected chi connectivity index (χ0v) is 8.13. The van der Waals surface area contributed by atoms with Crippen molar-refractivity contribution < 1.29 is 9.47 Å². The van der Waals surface area contributed by atoms with E-state index in [4.69, 9.17) is 9.47 Å². The number of ether oxygens (including phenoxy) is 2. The van der Waals surface area contributed by atoms with Gasteiger partial charge < -0.3 is 14.8 Å². The van der Waals surface area contributed by atoms with Gasteiger partial charge in [0.15, 0.2) is 0 Å². The zero-order chi connectivity index (χ0) is 9.68. The Kier molecular flexibility index (Phi) is 3.52. The molecule has 0 aliphatic rings. The number of hydrogen-bond acceptors (Lipinski definition) is 4. The molecule has 4 nitrogen and oxygen atoms in total. The van der Waals surface area contributed by atoms with E-state index >= 15 is 0 Å². The number of nitrogens with one attached hydrogen (secondary N) is 1. The number of methoxy groups -OCH3 is 2. The molecule has 1 aromatic heterocycles. The minimum Gasteiger partial charge on any atom is -0.481 e. The molecular formula is C9H14N2O2. The van der Waals surface area contributed by atoms with E-state index in [0.717, 1.165) is 12.1 Å². The molecule has 0 spiro atoms. The van der Waals surface area contributed by atoms with Crippen LogP contribution in [0.1, 0.15) is 5.56 Å². The topological polar surface area (TPSA) is 43.4 Å². The molecule has 0 unspecified atom stereocenters. The summed E-state index contributed by atoms with van der Waals surface area (Å²) in [6.45, 7) is 0.736. The lowest BCUT2D eigenvalue weighted by molar-refractivity contribution is 0.360. The van der Waals surface area contributed by atoms with Crippen molar-refractivity contribution in [3.05, 3.63) is 17.7 Å². The summed E-state index contributed by atoms with van der Waals surface area (Å²) in [7, 11) is 5.06. The van der Waals surface area contributed by atoms with Crippen LogP contribution in [-0.2, 0) is 6.54 Å². The molecule has 4 heteroatoms. The van der Waals surface area contributed by atoms with Crippen LogP contribution in [0.5, 0.6) is 11.8 Å². The highest BCUT2D eigenvalue weighted by molar-refractivity contribution is 5.30. The summed E-state index contributed by atoms with van der Waals surface area (Å²) in [4.78, 5) is 4.14. The van der Waals surface area contributed by atoms with E-state index < -0.39 is 0 Å². The first-order valence-corrected chi connectivity index (χ1v) is 4.04. The molecule has 0 saturated heterocycles. The van der Waals surface area contributed by atoms with Crippen LogP contribution in [0.15, 0.2) is 12.1 Å². The Morgan fingerprint density at radius 3 is 2.62 bits per heavy atom. The fourth-order valence-corrected chi connectivity index (χ4v) is 1.07. The Morgan fingerprint density at radius 1 is 1.31 bits per heavy atom. The first-order valence-electron chi connectivity index (χ1n) is 4.04. The standard InChI is InChI=1S/C9H14N2O2/c1-10-6-7-4-5-8(12-2)11-9(7)13-3/h4-5,10H,6H2,1-3H3. The van der Waals surface area contributed by atoms with Crippen LogP contribution in [0.4, 0.5) is 0 Å². The molecule has 0 aliphatic heterocycles. The van der Waals surface area contributed by atoms with Gasteiger partial charge in [-0.05, 0) is 13.1 Å². The summed E-state index contributed by atoms with van der Waals surface area (Å²) in [6.07, 6.45) is 0. The number of aromatic nitrogens is 1. The lowest BCUT2D eigenvalue weighted by Crippen LogP contribution is -2.07. The summed E-state index contributed by atoms with van der Waals surface area (Å²) in [5, 5.41) is 3.04. The summed E-state index contributed by atoms with van der Waals surface area (Å²) in [6, 6.07) is 3.75. The third kappa shape index (κ3) is 2.32. The highest BCUT2D eigenvalue weighted by atomic mass is 16.5. The molecule has 1 rings (SSSR count). The van der Waals surface area contributed by atoms with Gasteiger partial charge in [-0.2, -0.15) is 4.98 Å². The molecule has 0 amide bonds. The molecule has 0 bridgehead atoms. The zero-order valence-electron chi connectivity index (χ0n) is 8.13. The van der Waals surface area contributed by atoms with Crippen LogP contribution in [-0.4, -0.2) is 26.3 Å². The maximum absolute atomic E-state index is 5.11. The quantitative estimate of drug-likeness (QED) is 0.748. The monoisotopic (exact) mass is 182 g/mol. The van der Waals surface area contributed by atoms with Gasteiger partial charge in [-0.1, -0.05) is 0 Å². The highest BCUT2D eigenvalue weighted by Gasteiger charge is 2.04. The van der Waals surface area contributed by atoms with Gasteiger partial charge in [0.05, 0.1) is 14.2 Å². The second-order valence-electron chi connectivity index (χ2n) is 2.55. The summed E-state index contributed by atoms with van der Waals surface area (Å²) >= 11 is 0. The average Bonchev–Trinajstić information content (AvgIpc) is 2.19. The van der Waals surface area contributed by atoms with E-state index in [9.17, 15) is 0 Å². The van der Waals surface area contributed by atoms with Crippen molar-refractivity contribution in [2.45, 2.75) is 6.54 Å². The minimum absolute atomic E-state index is 0.566. The normalized spacial score (nSPS) is 9.77. The van der Waals surface area contributed by atoms with Crippen molar-refractivity contribution in [2.75, 3.05) is 21.3 Å². The van der Waals surface area contributed by atoms with E-state index in [0.29, 0.717) is 11.8 Å². The van der Waals surface area contributed by atoms with E-state index in [1.54, 1.807) is 14.2 Å². The Morgan fingerprint density at radius 2 is 2.08 bits per heavy atom. The Balaban J connectivity index is 2.93. The maximum atomic E-state index is 5.11. The van der Waals surface area contributed by atoms with Gasteiger partial charge in [0, 0.05) is 18.2 Å². The fraction of sp³-hybridized carbons (Fsp3) is 0.444. The molecule has 0 radical (unpaired) electrons. The van der Waals surface area contributed by atoms with Gasteiger partial charge in [-0.3, -0.25) is 0 Å². The molecular weight excluding hydrogens is 168 g/mol. The van der Waals surface area contributed by atoms with E-state index in [1.807, 2.05) is 19.2 Å². The van der Waals surface area contributed by atoms with Crippen LogP contribution >= 0.6 is 0 Å². The number of rotatable bonds is 4. The number of hydrogen-bond donors (Lipinski definition) is 1. The van der Waals surface area contributed by atoms with Crippen LogP contribution in [0.2, 0.25) is 0 Å². The number of pyridine rings is 1. The van der Waals surface area contributed by atoms with Crippen molar-refractivity contribution in [3.8, 4) is 11.8 Å². The molecule has 72 valence electrons. The average molecular weight is 182 g/mol. The van der Waals surface area contributed by atoms with Gasteiger partial charge in [-0.25, -0.2) is 0 Å². The second-order valence-corrected chi connectivity index (χ2v) is 2.55. The third-order valence-corrected chi connectivity index (χ3v) is 1.68. The minimum atomic E-state index is 0.566.